The van der Waals surface area contributed by atoms with Crippen LogP contribution in [0.25, 0.3) is 11.3 Å². The minimum absolute atomic E-state index is 0.252. The molecule has 1 heterocycles. The zero-order chi connectivity index (χ0) is 12.5. The van der Waals surface area contributed by atoms with Crippen LogP contribution in [0, 0.1) is 17.1 Å². The topological polar surface area (TPSA) is 39.6 Å². The van der Waals surface area contributed by atoms with Gasteiger partial charge in [-0.25, -0.2) is 4.39 Å². The number of halogens is 1. The second-order valence-corrected chi connectivity index (χ2v) is 4.55. The number of rotatable bonds is 2. The van der Waals surface area contributed by atoms with Crippen molar-refractivity contribution in [3.63, 3.8) is 0 Å². The van der Waals surface area contributed by atoms with Gasteiger partial charge in [-0.1, -0.05) is 0 Å². The molecule has 1 N–H and O–H groups in total. The van der Waals surface area contributed by atoms with Gasteiger partial charge in [0.05, 0.1) is 11.5 Å². The standard InChI is InChI=1S/C14H13FN2/c1-14(2,9-16)11-7-13(17-8-11)10-3-5-12(15)6-4-10/h3-8,17H,1-2H3. The highest BCUT2D eigenvalue weighted by atomic mass is 19.1. The van der Waals surface area contributed by atoms with Gasteiger partial charge in [0.25, 0.3) is 0 Å². The van der Waals surface area contributed by atoms with Crippen molar-refractivity contribution >= 4 is 0 Å². The number of nitrogens with zero attached hydrogens (tertiary/aromatic N) is 1. The lowest BCUT2D eigenvalue weighted by Gasteiger charge is -2.11. The van der Waals surface area contributed by atoms with Gasteiger partial charge in [-0.05, 0) is 55.3 Å². The van der Waals surface area contributed by atoms with Gasteiger partial charge in [0, 0.05) is 11.9 Å². The number of hydrogen-bond acceptors (Lipinski definition) is 1. The summed E-state index contributed by atoms with van der Waals surface area (Å²) in [5.41, 5.74) is 2.21. The van der Waals surface area contributed by atoms with Crippen molar-refractivity contribution < 1.29 is 4.39 Å². The van der Waals surface area contributed by atoms with E-state index in [1.54, 1.807) is 12.1 Å². The maximum Gasteiger partial charge on any atom is 0.123 e. The van der Waals surface area contributed by atoms with E-state index in [2.05, 4.69) is 11.1 Å². The van der Waals surface area contributed by atoms with E-state index in [1.165, 1.54) is 12.1 Å². The quantitative estimate of drug-likeness (QED) is 0.837. The maximum absolute atomic E-state index is 12.8. The zero-order valence-electron chi connectivity index (χ0n) is 9.79. The summed E-state index contributed by atoms with van der Waals surface area (Å²) in [6, 6.07) is 10.4. The Morgan fingerprint density at radius 2 is 1.88 bits per heavy atom. The Morgan fingerprint density at radius 3 is 2.47 bits per heavy atom. The van der Waals surface area contributed by atoms with E-state index >= 15 is 0 Å². The van der Waals surface area contributed by atoms with Gasteiger partial charge in [0.2, 0.25) is 0 Å². The predicted octanol–water partition coefficient (Wildman–Crippen LogP) is 3.62. The fourth-order valence-electron chi connectivity index (χ4n) is 1.62. The Labute approximate surface area is 99.7 Å². The molecule has 0 aliphatic rings. The third-order valence-electron chi connectivity index (χ3n) is 2.84. The van der Waals surface area contributed by atoms with E-state index in [9.17, 15) is 4.39 Å². The molecule has 2 rings (SSSR count). The average molecular weight is 228 g/mol. The summed E-state index contributed by atoms with van der Waals surface area (Å²) in [7, 11) is 0. The molecule has 2 nitrogen and oxygen atoms in total. The first-order valence-electron chi connectivity index (χ1n) is 5.39. The zero-order valence-corrected chi connectivity index (χ0v) is 9.79. The van der Waals surface area contributed by atoms with Gasteiger partial charge in [-0.2, -0.15) is 5.26 Å². The number of nitrogens with one attached hydrogen (secondary N) is 1. The number of aromatic nitrogens is 1. The number of aromatic amines is 1. The van der Waals surface area contributed by atoms with Crippen molar-refractivity contribution in [2.24, 2.45) is 0 Å². The van der Waals surface area contributed by atoms with Crippen molar-refractivity contribution in [1.29, 1.82) is 5.26 Å². The summed E-state index contributed by atoms with van der Waals surface area (Å²) in [5, 5.41) is 9.05. The Kier molecular flexibility index (Phi) is 2.72. The minimum Gasteiger partial charge on any atom is -0.361 e. The molecular formula is C14H13FN2. The SMILES string of the molecule is CC(C)(C#N)c1c[nH]c(-c2ccc(F)cc2)c1. The van der Waals surface area contributed by atoms with Crippen LogP contribution in [-0.4, -0.2) is 4.98 Å². The fraction of sp³-hybridized carbons (Fsp3) is 0.214. The first kappa shape index (κ1) is 11.4. The average Bonchev–Trinajstić information content (AvgIpc) is 2.80. The van der Waals surface area contributed by atoms with Crippen LogP contribution in [0.1, 0.15) is 19.4 Å². The Morgan fingerprint density at radius 1 is 1.24 bits per heavy atom. The van der Waals surface area contributed by atoms with E-state index in [4.69, 9.17) is 5.26 Å². The van der Waals surface area contributed by atoms with Crippen molar-refractivity contribution in [2.45, 2.75) is 19.3 Å². The highest BCUT2D eigenvalue weighted by Gasteiger charge is 2.21. The highest BCUT2D eigenvalue weighted by molar-refractivity contribution is 5.61. The number of hydrogen-bond donors (Lipinski definition) is 1. The number of H-pyrrole nitrogens is 1. The summed E-state index contributed by atoms with van der Waals surface area (Å²) in [6.07, 6.45) is 1.82. The van der Waals surface area contributed by atoms with E-state index < -0.39 is 5.41 Å². The molecule has 0 atom stereocenters. The molecule has 0 fully saturated rings. The fourth-order valence-corrected chi connectivity index (χ4v) is 1.62. The molecule has 0 aliphatic carbocycles. The highest BCUT2D eigenvalue weighted by Crippen LogP contribution is 2.27. The molecule has 0 radical (unpaired) electrons. The van der Waals surface area contributed by atoms with Crippen LogP contribution in [-0.2, 0) is 5.41 Å². The van der Waals surface area contributed by atoms with Crippen LogP contribution in [0.3, 0.4) is 0 Å². The molecule has 1 aromatic carbocycles. The molecule has 0 saturated heterocycles. The van der Waals surface area contributed by atoms with Gasteiger partial charge in [-0.3, -0.25) is 0 Å². The van der Waals surface area contributed by atoms with E-state index in [-0.39, 0.29) is 5.82 Å². The Bertz CT molecular complexity index is 559. The minimum atomic E-state index is -0.519. The lowest BCUT2D eigenvalue weighted by Crippen LogP contribution is -2.12. The van der Waals surface area contributed by atoms with Crippen LogP contribution in [0.2, 0.25) is 0 Å². The van der Waals surface area contributed by atoms with Crippen molar-refractivity contribution in [2.75, 3.05) is 0 Å². The van der Waals surface area contributed by atoms with Gasteiger partial charge >= 0.3 is 0 Å². The summed E-state index contributed by atoms with van der Waals surface area (Å²) >= 11 is 0. The smallest absolute Gasteiger partial charge is 0.123 e. The molecule has 86 valence electrons. The lowest BCUT2D eigenvalue weighted by atomic mass is 9.88. The third-order valence-corrected chi connectivity index (χ3v) is 2.84. The van der Waals surface area contributed by atoms with Crippen LogP contribution >= 0.6 is 0 Å². The normalized spacial score (nSPS) is 11.2. The van der Waals surface area contributed by atoms with Crippen LogP contribution in [0.5, 0.6) is 0 Å². The summed E-state index contributed by atoms with van der Waals surface area (Å²) in [6.45, 7) is 3.73. The molecule has 0 bridgehead atoms. The van der Waals surface area contributed by atoms with Gasteiger partial charge in [0.15, 0.2) is 0 Å². The van der Waals surface area contributed by atoms with Crippen molar-refractivity contribution in [1.82, 2.24) is 4.98 Å². The Hall–Kier alpha value is -2.08. The maximum atomic E-state index is 12.8. The Balaban J connectivity index is 2.37. The van der Waals surface area contributed by atoms with Crippen LogP contribution in [0.4, 0.5) is 4.39 Å². The molecule has 0 spiro atoms. The van der Waals surface area contributed by atoms with Crippen molar-refractivity contribution in [3.8, 4) is 17.3 Å². The van der Waals surface area contributed by atoms with Gasteiger partial charge in [-0.15, -0.1) is 0 Å². The number of nitriles is 1. The summed E-state index contributed by atoms with van der Waals surface area (Å²) in [4.78, 5) is 3.11. The van der Waals surface area contributed by atoms with Crippen LogP contribution in [0.15, 0.2) is 36.5 Å². The first-order valence-corrected chi connectivity index (χ1v) is 5.39. The van der Waals surface area contributed by atoms with E-state index in [0.717, 1.165) is 16.8 Å². The summed E-state index contributed by atoms with van der Waals surface area (Å²) in [5.74, 6) is -0.252. The predicted molar refractivity (Wildman–Crippen MR) is 64.8 cm³/mol. The molecule has 0 unspecified atom stereocenters. The van der Waals surface area contributed by atoms with E-state index in [1.807, 2.05) is 26.1 Å². The van der Waals surface area contributed by atoms with Gasteiger partial charge in [0.1, 0.15) is 5.82 Å². The van der Waals surface area contributed by atoms with E-state index in [0.29, 0.717) is 0 Å². The molecule has 0 aliphatic heterocycles. The molecule has 2 aromatic rings. The van der Waals surface area contributed by atoms with Crippen LogP contribution < -0.4 is 0 Å². The second-order valence-electron chi connectivity index (χ2n) is 4.55. The van der Waals surface area contributed by atoms with Gasteiger partial charge < -0.3 is 4.98 Å². The molecule has 0 amide bonds. The first-order chi connectivity index (χ1) is 8.03. The largest absolute Gasteiger partial charge is 0.361 e. The molecule has 0 saturated carbocycles. The second kappa shape index (κ2) is 4.06. The number of benzene rings is 1. The third kappa shape index (κ3) is 2.21. The molecule has 17 heavy (non-hydrogen) atoms. The summed E-state index contributed by atoms with van der Waals surface area (Å²) < 4.78 is 12.8. The molecule has 1 aromatic heterocycles. The van der Waals surface area contributed by atoms with Crippen molar-refractivity contribution in [3.05, 3.63) is 47.9 Å². The molecular weight excluding hydrogens is 215 g/mol. The lowest BCUT2D eigenvalue weighted by molar-refractivity contribution is 0.628. The molecule has 3 heteroatoms. The monoisotopic (exact) mass is 228 g/mol.